The van der Waals surface area contributed by atoms with Crippen LogP contribution in [0.2, 0.25) is 0 Å². The molecule has 4 rings (SSSR count). The summed E-state index contributed by atoms with van der Waals surface area (Å²) in [5, 5.41) is 42.3. The minimum absolute atomic E-state index is 0.0347. The molecule has 0 unspecified atom stereocenters. The van der Waals surface area contributed by atoms with Gasteiger partial charge in [0.25, 0.3) is 11.4 Å². The molecule has 0 saturated carbocycles. The van der Waals surface area contributed by atoms with Crippen molar-refractivity contribution >= 4 is 69.6 Å². The van der Waals surface area contributed by atoms with E-state index in [0.717, 1.165) is 0 Å². The molecule has 0 aliphatic carbocycles. The Morgan fingerprint density at radius 1 is 0.438 bits per heavy atom. The lowest BCUT2D eigenvalue weighted by Crippen LogP contribution is -2.38. The van der Waals surface area contributed by atoms with Crippen LogP contribution in [0, 0.1) is 20.2 Å². The molecule has 18 heteroatoms. The number of carbonyl (C=O) groups is 4. The second-order valence-electron chi connectivity index (χ2n) is 9.62. The van der Waals surface area contributed by atoms with Gasteiger partial charge >= 0.3 is 24.1 Å². The average Bonchev–Trinajstić information content (AvgIpc) is 3.05. The Morgan fingerprint density at radius 2 is 0.729 bits per heavy atom. The van der Waals surface area contributed by atoms with Gasteiger partial charge in [0.2, 0.25) is 0 Å². The number of urea groups is 4. The number of nitrogens with zero attached hydrogens (tertiary/aromatic N) is 2. The molecule has 246 valence electrons. The summed E-state index contributed by atoms with van der Waals surface area (Å²) in [6.07, 6.45) is 0. The van der Waals surface area contributed by atoms with Crippen LogP contribution in [0.15, 0.2) is 97.1 Å². The predicted molar refractivity (Wildman–Crippen MR) is 178 cm³/mol. The van der Waals surface area contributed by atoms with E-state index in [1.54, 1.807) is 48.5 Å². The van der Waals surface area contributed by atoms with Crippen molar-refractivity contribution < 1.29 is 29.0 Å². The van der Waals surface area contributed by atoms with Gasteiger partial charge in [-0.2, -0.15) is 0 Å². The van der Waals surface area contributed by atoms with Crippen LogP contribution < -0.4 is 42.5 Å². The van der Waals surface area contributed by atoms with Crippen LogP contribution in [0.4, 0.5) is 64.7 Å². The van der Waals surface area contributed by atoms with E-state index in [1.165, 1.54) is 48.5 Å². The highest BCUT2D eigenvalue weighted by Gasteiger charge is 2.13. The zero-order valence-electron chi connectivity index (χ0n) is 24.8. The first-order chi connectivity index (χ1) is 23.1. The van der Waals surface area contributed by atoms with E-state index in [4.69, 9.17) is 0 Å². The van der Waals surface area contributed by atoms with E-state index in [1.807, 2.05) is 0 Å². The molecule has 4 aromatic rings. The third-order valence-corrected chi connectivity index (χ3v) is 6.22. The first-order valence-corrected chi connectivity index (χ1v) is 14.0. The monoisotopic (exact) mass is 656 g/mol. The van der Waals surface area contributed by atoms with Gasteiger partial charge in [-0.15, -0.1) is 0 Å². The lowest BCUT2D eigenvalue weighted by molar-refractivity contribution is -0.385. The number of benzene rings is 4. The number of hydrogen-bond donors (Lipinski definition) is 8. The molecule has 4 aromatic carbocycles. The van der Waals surface area contributed by atoms with Crippen LogP contribution in [0.25, 0.3) is 0 Å². The van der Waals surface area contributed by atoms with Gasteiger partial charge in [-0.25, -0.2) is 19.2 Å². The van der Waals surface area contributed by atoms with E-state index < -0.39 is 34.0 Å². The van der Waals surface area contributed by atoms with E-state index in [0.29, 0.717) is 11.4 Å². The number of para-hydroxylation sites is 4. The van der Waals surface area contributed by atoms with Crippen LogP contribution in [0.1, 0.15) is 0 Å². The fourth-order valence-corrected chi connectivity index (χ4v) is 3.99. The molecule has 0 aliphatic rings. The van der Waals surface area contributed by atoms with Gasteiger partial charge in [-0.3, -0.25) is 20.2 Å². The molecule has 8 amide bonds. The molecule has 0 fully saturated rings. The van der Waals surface area contributed by atoms with Crippen molar-refractivity contribution in [3.05, 3.63) is 117 Å². The number of anilines is 6. The molecule has 0 heterocycles. The Balaban J connectivity index is 1.20. The number of amides is 8. The highest BCUT2D eigenvalue weighted by molar-refractivity contribution is 6.05. The van der Waals surface area contributed by atoms with Gasteiger partial charge in [-0.05, 0) is 48.5 Å². The summed E-state index contributed by atoms with van der Waals surface area (Å²) in [5.41, 5.74) is 1.51. The summed E-state index contributed by atoms with van der Waals surface area (Å²) >= 11 is 0. The molecule has 8 N–H and O–H groups in total. The van der Waals surface area contributed by atoms with Crippen molar-refractivity contribution in [2.45, 2.75) is 0 Å². The van der Waals surface area contributed by atoms with Crippen molar-refractivity contribution in [1.29, 1.82) is 0 Å². The first-order valence-electron chi connectivity index (χ1n) is 14.0. The van der Waals surface area contributed by atoms with Crippen molar-refractivity contribution in [2.75, 3.05) is 45.0 Å². The van der Waals surface area contributed by atoms with Crippen LogP contribution in [-0.2, 0) is 0 Å². The Bertz CT molecular complexity index is 1680. The van der Waals surface area contributed by atoms with Gasteiger partial charge in [-0.1, -0.05) is 24.3 Å². The average molecular weight is 657 g/mol. The summed E-state index contributed by atoms with van der Waals surface area (Å²) in [7, 11) is 0. The highest BCUT2D eigenvalue weighted by atomic mass is 16.6. The van der Waals surface area contributed by atoms with Gasteiger partial charge < -0.3 is 42.5 Å². The Kier molecular flexibility index (Phi) is 11.3. The number of nitrogens with one attached hydrogen (secondary N) is 8. The summed E-state index contributed by atoms with van der Waals surface area (Å²) in [6.45, 7) is 0.0695. The smallest absolute Gasteiger partial charge is 0.323 e. The highest BCUT2D eigenvalue weighted by Crippen LogP contribution is 2.23. The normalized spacial score (nSPS) is 10.1. The fourth-order valence-electron chi connectivity index (χ4n) is 3.99. The van der Waals surface area contributed by atoms with Gasteiger partial charge in [0, 0.05) is 48.7 Å². The molecule has 0 radical (unpaired) electrons. The Labute approximate surface area is 271 Å². The number of nitro benzene ring substituents is 2. The van der Waals surface area contributed by atoms with Crippen molar-refractivity contribution in [3.8, 4) is 0 Å². The minimum Gasteiger partial charge on any atom is -0.336 e. The molecular weight excluding hydrogens is 628 g/mol. The van der Waals surface area contributed by atoms with Gasteiger partial charge in [0.1, 0.15) is 0 Å². The number of rotatable bonds is 11. The SMILES string of the molecule is O=C(NCCNC(=O)Nc1ccccc1NC(=O)Nc1ccc([N+](=O)[O-])cc1)Nc1ccccc1NC(=O)Nc1ccc([N+](=O)[O-])cc1. The predicted octanol–water partition coefficient (Wildman–Crippen LogP) is 5.73. The molecule has 0 aromatic heterocycles. The van der Waals surface area contributed by atoms with Crippen LogP contribution in [0.5, 0.6) is 0 Å². The van der Waals surface area contributed by atoms with E-state index >= 15 is 0 Å². The number of nitro groups is 2. The molecule has 0 bridgehead atoms. The second-order valence-corrected chi connectivity index (χ2v) is 9.62. The zero-order valence-corrected chi connectivity index (χ0v) is 24.8. The minimum atomic E-state index is -0.643. The number of carbonyl (C=O) groups excluding carboxylic acids is 4. The third kappa shape index (κ3) is 10.2. The third-order valence-electron chi connectivity index (χ3n) is 6.22. The van der Waals surface area contributed by atoms with Crippen LogP contribution in [-0.4, -0.2) is 47.1 Å². The molecule has 0 saturated heterocycles. The Hall–Kier alpha value is -7.24. The molecule has 0 aliphatic heterocycles. The van der Waals surface area contributed by atoms with Crippen LogP contribution in [0.3, 0.4) is 0 Å². The van der Waals surface area contributed by atoms with Crippen LogP contribution >= 0.6 is 0 Å². The molecular formula is C30H28N10O8. The largest absolute Gasteiger partial charge is 0.336 e. The van der Waals surface area contributed by atoms with Crippen molar-refractivity contribution in [2.24, 2.45) is 0 Å². The number of hydrogen-bond acceptors (Lipinski definition) is 8. The molecule has 48 heavy (non-hydrogen) atoms. The maximum Gasteiger partial charge on any atom is 0.323 e. The van der Waals surface area contributed by atoms with E-state index in [-0.39, 0.29) is 47.2 Å². The fraction of sp³-hybridized carbons (Fsp3) is 0.0667. The Morgan fingerprint density at radius 3 is 1.02 bits per heavy atom. The number of non-ortho nitro benzene ring substituents is 2. The maximum absolute atomic E-state index is 12.5. The van der Waals surface area contributed by atoms with Gasteiger partial charge in [0.15, 0.2) is 0 Å². The maximum atomic E-state index is 12.5. The topological polar surface area (TPSA) is 251 Å². The summed E-state index contributed by atoms with van der Waals surface area (Å²) in [5.74, 6) is 0. The van der Waals surface area contributed by atoms with Gasteiger partial charge in [0.05, 0.1) is 32.6 Å². The first kappa shape index (κ1) is 33.6. The quantitative estimate of drug-likeness (QED) is 0.0560. The molecule has 0 spiro atoms. The summed E-state index contributed by atoms with van der Waals surface area (Å²) < 4.78 is 0. The van der Waals surface area contributed by atoms with Crippen molar-refractivity contribution in [1.82, 2.24) is 10.6 Å². The summed E-state index contributed by atoms with van der Waals surface area (Å²) in [4.78, 5) is 70.4. The van der Waals surface area contributed by atoms with Crippen molar-refractivity contribution in [3.63, 3.8) is 0 Å². The lowest BCUT2D eigenvalue weighted by atomic mass is 10.2. The molecule has 18 nitrogen and oxygen atoms in total. The van der Waals surface area contributed by atoms with E-state index in [9.17, 15) is 39.4 Å². The zero-order chi connectivity index (χ0) is 34.5. The molecule has 0 atom stereocenters. The second kappa shape index (κ2) is 16.2. The van der Waals surface area contributed by atoms with E-state index in [2.05, 4.69) is 42.5 Å². The standard InChI is InChI=1S/C30H28N10O8/c41-27(35-23-5-1-3-7-25(23)37-29(43)33-19-9-13-21(14-10-19)39(45)46)31-17-18-32-28(42)36-24-6-2-4-8-26(24)38-30(44)34-20-11-15-22(16-12-20)40(47)48/h1-16H,17-18H2,(H2,31,35,41)(H2,32,36,42)(H2,33,37,43)(H2,34,38,44). The summed E-state index contributed by atoms with van der Waals surface area (Å²) in [6, 6.07) is 20.8. The lowest BCUT2D eigenvalue weighted by Gasteiger charge is -2.15.